The van der Waals surface area contributed by atoms with Crippen LogP contribution in [0.2, 0.25) is 0 Å². The highest BCUT2D eigenvalue weighted by molar-refractivity contribution is 5.92. The van der Waals surface area contributed by atoms with Crippen LogP contribution in [0, 0.1) is 0 Å². The molecule has 0 spiro atoms. The number of hydrogen-bond donors (Lipinski definition) is 1. The fourth-order valence-electron chi connectivity index (χ4n) is 3.53. The topological polar surface area (TPSA) is 74.2 Å². The summed E-state index contributed by atoms with van der Waals surface area (Å²) in [7, 11) is 3.14. The van der Waals surface area contributed by atoms with E-state index in [1.165, 1.54) is 6.08 Å². The van der Waals surface area contributed by atoms with E-state index in [0.717, 1.165) is 11.1 Å². The lowest BCUT2D eigenvalue weighted by Gasteiger charge is -2.19. The molecule has 1 atom stereocenters. The van der Waals surface area contributed by atoms with Gasteiger partial charge in [-0.05, 0) is 47.5 Å². The maximum Gasteiger partial charge on any atom is 0.337 e. The van der Waals surface area contributed by atoms with Gasteiger partial charge in [0.25, 0.3) is 5.79 Å². The van der Waals surface area contributed by atoms with Gasteiger partial charge in [-0.15, -0.1) is 0 Å². The fourth-order valence-corrected chi connectivity index (χ4v) is 3.53. The van der Waals surface area contributed by atoms with Gasteiger partial charge in [0.15, 0.2) is 11.5 Å². The summed E-state index contributed by atoms with van der Waals surface area (Å²) in [6.45, 7) is 0.391. The van der Waals surface area contributed by atoms with Crippen molar-refractivity contribution >= 4 is 5.97 Å². The van der Waals surface area contributed by atoms with Gasteiger partial charge in [-0.25, -0.2) is 4.79 Å². The van der Waals surface area contributed by atoms with Crippen molar-refractivity contribution in [3.63, 3.8) is 0 Å². The lowest BCUT2D eigenvalue weighted by Crippen LogP contribution is -2.24. The Bertz CT molecular complexity index is 1120. The van der Waals surface area contributed by atoms with Crippen molar-refractivity contribution < 1.29 is 28.8 Å². The first-order chi connectivity index (χ1) is 15.5. The first kappa shape index (κ1) is 21.5. The zero-order chi connectivity index (χ0) is 22.6. The summed E-state index contributed by atoms with van der Waals surface area (Å²) >= 11 is 0. The van der Waals surface area contributed by atoms with Crippen LogP contribution in [-0.2, 0) is 28.3 Å². The maximum atomic E-state index is 12.5. The molecule has 3 aromatic rings. The summed E-state index contributed by atoms with van der Waals surface area (Å²) < 4.78 is 21.8. The van der Waals surface area contributed by atoms with Gasteiger partial charge in [0.1, 0.15) is 12.4 Å². The molecule has 1 N–H and O–H groups in total. The van der Waals surface area contributed by atoms with Gasteiger partial charge >= 0.3 is 5.97 Å². The third-order valence-corrected chi connectivity index (χ3v) is 5.24. The number of cyclic esters (lactones) is 1. The number of ether oxygens (including phenoxy) is 4. The zero-order valence-corrected chi connectivity index (χ0v) is 17.9. The van der Waals surface area contributed by atoms with Crippen LogP contribution in [0.15, 0.2) is 84.4 Å². The van der Waals surface area contributed by atoms with Crippen molar-refractivity contribution in [3.05, 3.63) is 101 Å². The van der Waals surface area contributed by atoms with Crippen molar-refractivity contribution in [1.82, 2.24) is 0 Å². The molecule has 6 nitrogen and oxygen atoms in total. The van der Waals surface area contributed by atoms with Crippen LogP contribution in [0.5, 0.6) is 17.2 Å². The Morgan fingerprint density at radius 2 is 1.62 bits per heavy atom. The fraction of sp³-hybridized carbons (Fsp3) is 0.192. The third-order valence-electron chi connectivity index (χ3n) is 5.24. The van der Waals surface area contributed by atoms with Gasteiger partial charge in [0.2, 0.25) is 0 Å². The Morgan fingerprint density at radius 3 is 2.31 bits per heavy atom. The summed E-state index contributed by atoms with van der Waals surface area (Å²) in [6, 6.07) is 22.0. The SMILES string of the molecule is COc1ccc(C2(O)C=C(Cc3ccc(OC)c(OCc4ccccc4)c3)C(=O)O2)cc1. The molecule has 0 amide bonds. The quantitative estimate of drug-likeness (QED) is 0.539. The van der Waals surface area contributed by atoms with Gasteiger partial charge in [-0.1, -0.05) is 36.4 Å². The zero-order valence-electron chi connectivity index (χ0n) is 17.9. The molecular weight excluding hydrogens is 408 g/mol. The number of hydrogen-bond acceptors (Lipinski definition) is 6. The molecule has 0 aromatic heterocycles. The second-order valence-corrected chi connectivity index (χ2v) is 7.42. The van der Waals surface area contributed by atoms with Crippen molar-refractivity contribution in [2.75, 3.05) is 14.2 Å². The maximum absolute atomic E-state index is 12.5. The lowest BCUT2D eigenvalue weighted by atomic mass is 10.0. The molecule has 3 aromatic carbocycles. The van der Waals surface area contributed by atoms with Gasteiger partial charge in [-0.2, -0.15) is 0 Å². The van der Waals surface area contributed by atoms with Gasteiger partial charge in [0, 0.05) is 23.6 Å². The highest BCUT2D eigenvalue weighted by Gasteiger charge is 2.39. The standard InChI is InChI=1S/C26H24O6/c1-29-22-11-9-21(10-12-22)26(28)16-20(25(27)32-26)14-19-8-13-23(30-2)24(15-19)31-17-18-6-4-3-5-7-18/h3-13,15-16,28H,14,17H2,1-2H3. The van der Waals surface area contributed by atoms with E-state index < -0.39 is 11.8 Å². The number of rotatable bonds is 8. The highest BCUT2D eigenvalue weighted by Crippen LogP contribution is 2.36. The molecule has 1 aliphatic heterocycles. The first-order valence-corrected chi connectivity index (χ1v) is 10.2. The first-order valence-electron chi connectivity index (χ1n) is 10.2. The Balaban J connectivity index is 1.53. The average Bonchev–Trinajstić information content (AvgIpc) is 3.12. The van der Waals surface area contributed by atoms with E-state index >= 15 is 0 Å². The monoisotopic (exact) mass is 432 g/mol. The summed E-state index contributed by atoms with van der Waals surface area (Å²) in [6.07, 6.45) is 1.73. The molecule has 32 heavy (non-hydrogen) atoms. The molecule has 1 heterocycles. The molecule has 0 saturated heterocycles. The van der Waals surface area contributed by atoms with Crippen LogP contribution in [0.3, 0.4) is 0 Å². The van der Waals surface area contributed by atoms with Crippen LogP contribution in [0.4, 0.5) is 0 Å². The summed E-state index contributed by atoms with van der Waals surface area (Å²) in [5.74, 6) is -0.552. The molecule has 0 bridgehead atoms. The second kappa shape index (κ2) is 9.16. The largest absolute Gasteiger partial charge is 0.497 e. The normalized spacial score (nSPS) is 17.5. The number of carbonyl (C=O) groups excluding carboxylic acids is 1. The van der Waals surface area contributed by atoms with Crippen LogP contribution >= 0.6 is 0 Å². The number of carbonyl (C=O) groups is 1. The van der Waals surface area contributed by atoms with Gasteiger partial charge in [0.05, 0.1) is 14.2 Å². The Labute approximate surface area is 186 Å². The number of aliphatic hydroxyl groups is 1. The van der Waals surface area contributed by atoms with E-state index in [1.54, 1.807) is 44.6 Å². The summed E-state index contributed by atoms with van der Waals surface area (Å²) in [5, 5.41) is 10.9. The molecule has 164 valence electrons. The van der Waals surface area contributed by atoms with Crippen LogP contribution in [0.25, 0.3) is 0 Å². The molecule has 0 aliphatic carbocycles. The Hall–Kier alpha value is -3.77. The summed E-state index contributed by atoms with van der Waals surface area (Å²) in [5.41, 5.74) is 2.67. The second-order valence-electron chi connectivity index (χ2n) is 7.42. The van der Waals surface area contributed by atoms with Gasteiger partial charge in [-0.3, -0.25) is 0 Å². The Kier molecular flexibility index (Phi) is 6.14. The van der Waals surface area contributed by atoms with E-state index in [0.29, 0.717) is 35.0 Å². The predicted molar refractivity (Wildman–Crippen MR) is 119 cm³/mol. The molecule has 0 radical (unpaired) electrons. The lowest BCUT2D eigenvalue weighted by molar-refractivity contribution is -0.182. The third kappa shape index (κ3) is 4.60. The molecule has 0 fully saturated rings. The van der Waals surface area contributed by atoms with E-state index in [1.807, 2.05) is 42.5 Å². The van der Waals surface area contributed by atoms with E-state index in [4.69, 9.17) is 18.9 Å². The smallest absolute Gasteiger partial charge is 0.337 e. The minimum atomic E-state index is -1.81. The summed E-state index contributed by atoms with van der Waals surface area (Å²) in [4.78, 5) is 12.5. The van der Waals surface area contributed by atoms with Crippen LogP contribution < -0.4 is 14.2 Å². The molecular formula is C26H24O6. The molecule has 1 aliphatic rings. The minimum Gasteiger partial charge on any atom is -0.497 e. The van der Waals surface area contributed by atoms with E-state index in [9.17, 15) is 9.90 Å². The Morgan fingerprint density at radius 1 is 0.875 bits per heavy atom. The van der Waals surface area contributed by atoms with Crippen LogP contribution in [-0.4, -0.2) is 25.3 Å². The minimum absolute atomic E-state index is 0.281. The molecule has 1 unspecified atom stereocenters. The molecule has 0 saturated carbocycles. The molecule has 6 heteroatoms. The number of methoxy groups -OCH3 is 2. The molecule has 4 rings (SSSR count). The highest BCUT2D eigenvalue weighted by atomic mass is 16.7. The van der Waals surface area contributed by atoms with Crippen molar-refractivity contribution in [3.8, 4) is 17.2 Å². The van der Waals surface area contributed by atoms with E-state index in [-0.39, 0.29) is 6.42 Å². The average molecular weight is 432 g/mol. The predicted octanol–water partition coefficient (Wildman–Crippen LogP) is 4.15. The van der Waals surface area contributed by atoms with Crippen LogP contribution in [0.1, 0.15) is 16.7 Å². The number of benzene rings is 3. The number of esters is 1. The van der Waals surface area contributed by atoms with Crippen molar-refractivity contribution in [1.29, 1.82) is 0 Å². The van der Waals surface area contributed by atoms with E-state index in [2.05, 4.69) is 0 Å². The van der Waals surface area contributed by atoms with Gasteiger partial charge < -0.3 is 24.1 Å². The van der Waals surface area contributed by atoms with Crippen molar-refractivity contribution in [2.24, 2.45) is 0 Å². The van der Waals surface area contributed by atoms with Crippen molar-refractivity contribution in [2.45, 2.75) is 18.8 Å².